The lowest BCUT2D eigenvalue weighted by Crippen LogP contribution is -2.18. The van der Waals surface area contributed by atoms with Crippen molar-refractivity contribution in [1.29, 1.82) is 0 Å². The van der Waals surface area contributed by atoms with Crippen LogP contribution in [0.4, 0.5) is 0 Å². The topological polar surface area (TPSA) is 66.5 Å². The summed E-state index contributed by atoms with van der Waals surface area (Å²) in [6.07, 6.45) is 3.48. The summed E-state index contributed by atoms with van der Waals surface area (Å²) in [5, 5.41) is 5.16. The number of carbonyl (C=O) groups excluding carboxylic acids is 1. The van der Waals surface area contributed by atoms with Gasteiger partial charge in [-0.25, -0.2) is 5.43 Å². The van der Waals surface area contributed by atoms with E-state index in [1.54, 1.807) is 18.3 Å². The van der Waals surface area contributed by atoms with Gasteiger partial charge in [-0.15, -0.1) is 0 Å². The highest BCUT2D eigenvalue weighted by atomic mass is 79.9. The van der Waals surface area contributed by atoms with Crippen molar-refractivity contribution in [3.05, 3.63) is 100 Å². The number of fused-ring (bicyclic) bond motifs is 1. The Bertz CT molecular complexity index is 1170. The molecular formula is C23H18BrN3O2. The number of nitrogens with one attached hydrogen (secondary N) is 2. The molecule has 0 aliphatic carbocycles. The number of H-pyrrole nitrogens is 1. The maximum atomic E-state index is 12.7. The van der Waals surface area contributed by atoms with E-state index in [4.69, 9.17) is 4.74 Å². The second-order valence-corrected chi connectivity index (χ2v) is 7.32. The van der Waals surface area contributed by atoms with Gasteiger partial charge in [0.05, 0.1) is 11.8 Å². The number of hydrazone groups is 1. The third-order valence-corrected chi connectivity index (χ3v) is 4.91. The molecule has 2 N–H and O–H groups in total. The molecule has 6 heteroatoms. The number of para-hydroxylation sites is 1. The molecule has 29 heavy (non-hydrogen) atoms. The summed E-state index contributed by atoms with van der Waals surface area (Å²) in [4.78, 5) is 15.9. The Labute approximate surface area is 176 Å². The Morgan fingerprint density at radius 1 is 1.07 bits per heavy atom. The molecule has 0 radical (unpaired) electrons. The summed E-state index contributed by atoms with van der Waals surface area (Å²) in [5.41, 5.74) is 5.94. The van der Waals surface area contributed by atoms with Crippen LogP contribution in [0.5, 0.6) is 5.75 Å². The first-order valence-corrected chi connectivity index (χ1v) is 9.86. The van der Waals surface area contributed by atoms with E-state index in [9.17, 15) is 4.79 Å². The second-order valence-electron chi connectivity index (χ2n) is 6.40. The zero-order chi connectivity index (χ0) is 20.1. The van der Waals surface area contributed by atoms with Crippen molar-refractivity contribution >= 4 is 39.0 Å². The van der Waals surface area contributed by atoms with Crippen molar-refractivity contribution in [3.8, 4) is 5.75 Å². The molecule has 0 bridgehead atoms. The van der Waals surface area contributed by atoms with Crippen LogP contribution < -0.4 is 10.2 Å². The highest BCUT2D eigenvalue weighted by Crippen LogP contribution is 2.24. The number of hydrogen-bond acceptors (Lipinski definition) is 3. The van der Waals surface area contributed by atoms with Crippen molar-refractivity contribution in [2.75, 3.05) is 0 Å². The molecule has 3 aromatic carbocycles. The average Bonchev–Trinajstić information content (AvgIpc) is 3.17. The van der Waals surface area contributed by atoms with E-state index in [0.29, 0.717) is 17.9 Å². The third kappa shape index (κ3) is 4.55. The van der Waals surface area contributed by atoms with E-state index in [1.807, 2.05) is 66.9 Å². The van der Waals surface area contributed by atoms with Gasteiger partial charge >= 0.3 is 0 Å². The number of carbonyl (C=O) groups is 1. The van der Waals surface area contributed by atoms with Gasteiger partial charge in [0.1, 0.15) is 12.4 Å². The molecule has 0 atom stereocenters. The smallest absolute Gasteiger partial charge is 0.275 e. The van der Waals surface area contributed by atoms with E-state index in [2.05, 4.69) is 31.4 Å². The standard InChI is InChI=1S/C23H18BrN3O2/c24-18-10-11-22(29-15-16-6-2-1-3-7-16)20(12-18)23(28)27-26-14-17-13-25-21-9-5-4-8-19(17)21/h1-14,25H,15H2,(H,27,28). The van der Waals surface area contributed by atoms with Gasteiger partial charge in [-0.2, -0.15) is 5.10 Å². The Morgan fingerprint density at radius 3 is 2.72 bits per heavy atom. The van der Waals surface area contributed by atoms with E-state index < -0.39 is 0 Å². The molecule has 144 valence electrons. The van der Waals surface area contributed by atoms with Crippen molar-refractivity contribution in [1.82, 2.24) is 10.4 Å². The fourth-order valence-corrected chi connectivity index (χ4v) is 3.32. The number of nitrogens with zero attached hydrogens (tertiary/aromatic N) is 1. The van der Waals surface area contributed by atoms with Crippen LogP contribution in [0, 0.1) is 0 Å². The molecule has 0 unspecified atom stereocenters. The van der Waals surface area contributed by atoms with Crippen LogP contribution in [0.25, 0.3) is 10.9 Å². The molecule has 0 spiro atoms. The van der Waals surface area contributed by atoms with E-state index in [0.717, 1.165) is 26.5 Å². The van der Waals surface area contributed by atoms with E-state index >= 15 is 0 Å². The molecule has 1 amide bonds. The van der Waals surface area contributed by atoms with Gasteiger partial charge in [0.15, 0.2) is 0 Å². The average molecular weight is 448 g/mol. The number of halogens is 1. The molecule has 0 saturated heterocycles. The van der Waals surface area contributed by atoms with E-state index in [-0.39, 0.29) is 5.91 Å². The maximum absolute atomic E-state index is 12.7. The van der Waals surface area contributed by atoms with Crippen LogP contribution in [-0.2, 0) is 6.61 Å². The Balaban J connectivity index is 1.48. The number of rotatable bonds is 6. The largest absolute Gasteiger partial charge is 0.488 e. The number of hydrogen-bond donors (Lipinski definition) is 2. The minimum atomic E-state index is -0.342. The Kier molecular flexibility index (Phi) is 5.72. The van der Waals surface area contributed by atoms with Crippen LogP contribution in [0.1, 0.15) is 21.5 Å². The number of benzene rings is 3. The summed E-state index contributed by atoms with van der Waals surface area (Å²) in [6.45, 7) is 0.376. The van der Waals surface area contributed by atoms with Crippen molar-refractivity contribution < 1.29 is 9.53 Å². The first-order valence-electron chi connectivity index (χ1n) is 9.06. The molecule has 0 saturated carbocycles. The molecule has 1 aromatic heterocycles. The number of ether oxygens (including phenoxy) is 1. The lowest BCUT2D eigenvalue weighted by Gasteiger charge is -2.11. The molecule has 1 heterocycles. The fraction of sp³-hybridized carbons (Fsp3) is 0.0435. The van der Waals surface area contributed by atoms with Crippen LogP contribution in [0.2, 0.25) is 0 Å². The molecule has 0 aliphatic rings. The predicted octanol–water partition coefficient (Wildman–Crippen LogP) is 5.27. The summed E-state index contributed by atoms with van der Waals surface area (Å²) >= 11 is 3.41. The highest BCUT2D eigenvalue weighted by Gasteiger charge is 2.13. The SMILES string of the molecule is O=C(NN=Cc1c[nH]c2ccccc12)c1cc(Br)ccc1OCc1ccccc1. The Hall–Kier alpha value is -3.38. The first-order chi connectivity index (χ1) is 14.2. The summed E-state index contributed by atoms with van der Waals surface area (Å²) < 4.78 is 6.66. The second kappa shape index (κ2) is 8.75. The fourth-order valence-electron chi connectivity index (χ4n) is 2.96. The maximum Gasteiger partial charge on any atom is 0.275 e. The highest BCUT2D eigenvalue weighted by molar-refractivity contribution is 9.10. The quantitative estimate of drug-likeness (QED) is 0.312. The van der Waals surface area contributed by atoms with Gasteiger partial charge in [0.2, 0.25) is 0 Å². The molecule has 4 aromatic rings. The zero-order valence-corrected chi connectivity index (χ0v) is 17.0. The van der Waals surface area contributed by atoms with Crippen molar-refractivity contribution in [3.63, 3.8) is 0 Å². The molecule has 4 rings (SSSR count). The number of amides is 1. The summed E-state index contributed by atoms with van der Waals surface area (Å²) in [7, 11) is 0. The first kappa shape index (κ1) is 19.0. The van der Waals surface area contributed by atoms with Crippen LogP contribution in [-0.4, -0.2) is 17.1 Å². The van der Waals surface area contributed by atoms with Gasteiger partial charge in [0.25, 0.3) is 5.91 Å². The summed E-state index contributed by atoms with van der Waals surface area (Å²) in [5.74, 6) is 0.155. The van der Waals surface area contributed by atoms with Crippen LogP contribution in [0.15, 0.2) is 88.6 Å². The predicted molar refractivity (Wildman–Crippen MR) is 118 cm³/mol. The van der Waals surface area contributed by atoms with Gasteiger partial charge < -0.3 is 9.72 Å². The van der Waals surface area contributed by atoms with Gasteiger partial charge in [-0.05, 0) is 29.8 Å². The molecule has 0 aliphatic heterocycles. The third-order valence-electron chi connectivity index (χ3n) is 4.41. The normalized spacial score (nSPS) is 11.1. The minimum Gasteiger partial charge on any atom is -0.488 e. The number of aromatic amines is 1. The van der Waals surface area contributed by atoms with Crippen LogP contribution in [0.3, 0.4) is 0 Å². The van der Waals surface area contributed by atoms with Crippen molar-refractivity contribution in [2.24, 2.45) is 5.10 Å². The molecule has 0 fully saturated rings. The molecular weight excluding hydrogens is 430 g/mol. The zero-order valence-electron chi connectivity index (χ0n) is 15.4. The monoisotopic (exact) mass is 447 g/mol. The lowest BCUT2D eigenvalue weighted by atomic mass is 10.2. The van der Waals surface area contributed by atoms with Gasteiger partial charge in [-0.1, -0.05) is 64.5 Å². The lowest BCUT2D eigenvalue weighted by molar-refractivity contribution is 0.0950. The van der Waals surface area contributed by atoms with Crippen molar-refractivity contribution in [2.45, 2.75) is 6.61 Å². The molecule has 5 nitrogen and oxygen atoms in total. The summed E-state index contributed by atoms with van der Waals surface area (Å²) in [6, 6.07) is 23.1. The van der Waals surface area contributed by atoms with Gasteiger partial charge in [-0.3, -0.25) is 4.79 Å². The van der Waals surface area contributed by atoms with Gasteiger partial charge in [0, 0.05) is 27.1 Å². The number of aromatic nitrogens is 1. The Morgan fingerprint density at radius 2 is 1.86 bits per heavy atom. The van der Waals surface area contributed by atoms with E-state index in [1.165, 1.54) is 0 Å². The minimum absolute atomic E-state index is 0.342. The van der Waals surface area contributed by atoms with Crippen LogP contribution >= 0.6 is 15.9 Å².